The van der Waals surface area contributed by atoms with Gasteiger partial charge in [0.1, 0.15) is 10.6 Å². The van der Waals surface area contributed by atoms with Crippen LogP contribution in [0.3, 0.4) is 0 Å². The number of carbonyl (C=O) groups excluding carboxylic acids is 1. The molecule has 174 valence electrons. The zero-order valence-electron chi connectivity index (χ0n) is 20.0. The molecule has 0 saturated heterocycles. The van der Waals surface area contributed by atoms with Gasteiger partial charge in [0, 0.05) is 37.3 Å². The summed E-state index contributed by atoms with van der Waals surface area (Å²) in [6, 6.07) is 21.9. The smallest absolute Gasteiger partial charge is 0.265 e. The van der Waals surface area contributed by atoms with Gasteiger partial charge in [0.2, 0.25) is 5.88 Å². The number of hydrogen-bond acceptors (Lipinski definition) is 5. The number of hydrogen-bond donors (Lipinski definition) is 0. The van der Waals surface area contributed by atoms with Crippen molar-refractivity contribution in [1.82, 2.24) is 14.9 Å². The molecular formula is C28H29N3O2S. The molecule has 0 aliphatic heterocycles. The van der Waals surface area contributed by atoms with Crippen LogP contribution in [0.5, 0.6) is 11.6 Å². The van der Waals surface area contributed by atoms with Crippen molar-refractivity contribution in [1.29, 1.82) is 0 Å². The Labute approximate surface area is 205 Å². The Morgan fingerprint density at radius 1 is 0.971 bits per heavy atom. The number of benzene rings is 2. The second-order valence-electron chi connectivity index (χ2n) is 9.26. The van der Waals surface area contributed by atoms with Crippen molar-refractivity contribution in [2.75, 3.05) is 7.05 Å². The van der Waals surface area contributed by atoms with E-state index in [4.69, 9.17) is 4.74 Å². The summed E-state index contributed by atoms with van der Waals surface area (Å²) in [5.41, 5.74) is 3.09. The molecule has 34 heavy (non-hydrogen) atoms. The van der Waals surface area contributed by atoms with Crippen LogP contribution in [-0.2, 0) is 18.4 Å². The third-order valence-corrected chi connectivity index (χ3v) is 6.45. The fraction of sp³-hybridized carbons (Fsp3) is 0.250. The van der Waals surface area contributed by atoms with Crippen molar-refractivity contribution < 1.29 is 9.53 Å². The molecule has 2 heterocycles. The number of ether oxygens (including phenoxy) is 1. The number of para-hydroxylation sites is 1. The van der Waals surface area contributed by atoms with E-state index in [1.54, 1.807) is 17.3 Å². The fourth-order valence-electron chi connectivity index (χ4n) is 3.70. The van der Waals surface area contributed by atoms with E-state index >= 15 is 0 Å². The lowest BCUT2D eigenvalue weighted by molar-refractivity contribution is 0.0789. The molecule has 2 aromatic carbocycles. The number of nitrogens with zero attached hydrogens (tertiary/aromatic N) is 3. The molecule has 0 fully saturated rings. The summed E-state index contributed by atoms with van der Waals surface area (Å²) in [5.74, 6) is 1.32. The monoisotopic (exact) mass is 471 g/mol. The van der Waals surface area contributed by atoms with Gasteiger partial charge in [-0.1, -0.05) is 75.4 Å². The van der Waals surface area contributed by atoms with Crippen molar-refractivity contribution in [3.63, 3.8) is 0 Å². The van der Waals surface area contributed by atoms with Crippen LogP contribution in [0.1, 0.15) is 52.1 Å². The molecule has 0 aliphatic rings. The Bertz CT molecular complexity index is 1260. The van der Waals surface area contributed by atoms with Crippen LogP contribution in [0.25, 0.3) is 0 Å². The first-order valence-corrected chi connectivity index (χ1v) is 12.1. The quantitative estimate of drug-likeness (QED) is 0.309. The molecular weight excluding hydrogens is 442 g/mol. The summed E-state index contributed by atoms with van der Waals surface area (Å²) in [4.78, 5) is 24.3. The highest BCUT2D eigenvalue weighted by atomic mass is 32.1. The molecule has 4 rings (SSSR count). The normalized spacial score (nSPS) is 11.3. The van der Waals surface area contributed by atoms with Gasteiger partial charge in [-0.3, -0.25) is 4.79 Å². The Morgan fingerprint density at radius 2 is 1.71 bits per heavy atom. The highest BCUT2D eigenvalue weighted by Crippen LogP contribution is 2.35. The van der Waals surface area contributed by atoms with Gasteiger partial charge in [-0.25, -0.2) is 9.97 Å². The topological polar surface area (TPSA) is 55.3 Å². The van der Waals surface area contributed by atoms with E-state index in [2.05, 4.69) is 36.8 Å². The molecule has 0 saturated carbocycles. The van der Waals surface area contributed by atoms with Crippen molar-refractivity contribution in [2.45, 2.75) is 39.2 Å². The summed E-state index contributed by atoms with van der Waals surface area (Å²) < 4.78 is 6.29. The summed E-state index contributed by atoms with van der Waals surface area (Å²) in [6.07, 6.45) is 3.94. The molecule has 0 spiro atoms. The van der Waals surface area contributed by atoms with Gasteiger partial charge in [-0.2, -0.15) is 0 Å². The second kappa shape index (κ2) is 10.2. The minimum Gasteiger partial charge on any atom is -0.438 e. The van der Waals surface area contributed by atoms with Crippen molar-refractivity contribution >= 4 is 17.2 Å². The van der Waals surface area contributed by atoms with Gasteiger partial charge in [-0.05, 0) is 23.1 Å². The fourth-order valence-corrected chi connectivity index (χ4v) is 4.64. The summed E-state index contributed by atoms with van der Waals surface area (Å²) in [6.45, 7) is 7.05. The van der Waals surface area contributed by atoms with Gasteiger partial charge >= 0.3 is 0 Å². The molecule has 0 atom stereocenters. The lowest BCUT2D eigenvalue weighted by atomic mass is 9.86. The number of aromatic nitrogens is 2. The molecule has 0 radical (unpaired) electrons. The number of rotatable bonds is 7. The van der Waals surface area contributed by atoms with Crippen LogP contribution >= 0.6 is 11.3 Å². The molecule has 5 nitrogen and oxygen atoms in total. The van der Waals surface area contributed by atoms with Crippen molar-refractivity contribution in [3.05, 3.63) is 106 Å². The van der Waals surface area contributed by atoms with E-state index in [1.807, 2.05) is 67.7 Å². The Morgan fingerprint density at radius 3 is 2.47 bits per heavy atom. The van der Waals surface area contributed by atoms with Crippen LogP contribution < -0.4 is 4.74 Å². The van der Waals surface area contributed by atoms with Gasteiger partial charge in [-0.15, -0.1) is 11.3 Å². The molecule has 0 bridgehead atoms. The van der Waals surface area contributed by atoms with Crippen LogP contribution in [0, 0.1) is 0 Å². The van der Waals surface area contributed by atoms with Gasteiger partial charge < -0.3 is 9.64 Å². The van der Waals surface area contributed by atoms with E-state index in [9.17, 15) is 4.79 Å². The molecule has 4 aromatic rings. The van der Waals surface area contributed by atoms with Crippen LogP contribution in [0.2, 0.25) is 0 Å². The molecule has 0 aliphatic carbocycles. The van der Waals surface area contributed by atoms with E-state index in [1.165, 1.54) is 11.3 Å². The Kier molecular flexibility index (Phi) is 7.08. The summed E-state index contributed by atoms with van der Waals surface area (Å²) >= 11 is 1.41. The number of pyridine rings is 1. The van der Waals surface area contributed by atoms with Gasteiger partial charge in [0.15, 0.2) is 0 Å². The van der Waals surface area contributed by atoms with Crippen LogP contribution in [-0.4, -0.2) is 27.8 Å². The van der Waals surface area contributed by atoms with E-state index in [0.717, 1.165) is 27.4 Å². The third-order valence-electron chi connectivity index (χ3n) is 5.47. The maximum atomic E-state index is 12.9. The first-order valence-electron chi connectivity index (χ1n) is 11.3. The Balaban J connectivity index is 1.50. The minimum atomic E-state index is -0.0537. The van der Waals surface area contributed by atoms with E-state index < -0.39 is 0 Å². The zero-order chi connectivity index (χ0) is 24.1. The van der Waals surface area contributed by atoms with E-state index in [0.29, 0.717) is 23.7 Å². The second-order valence-corrected chi connectivity index (χ2v) is 10.4. The molecule has 2 aromatic heterocycles. The zero-order valence-corrected chi connectivity index (χ0v) is 20.8. The standard InChI is InChI=1S/C28H29N3O2S/c1-28(2,3)22-14-8-9-15-23(22)33-26-21(13-10-16-29-26)17-25-30-18-24(34-25)27(32)31(4)19-20-11-6-5-7-12-20/h5-16,18H,17,19H2,1-4H3. The minimum absolute atomic E-state index is 0.0330. The first kappa shape index (κ1) is 23.6. The highest BCUT2D eigenvalue weighted by molar-refractivity contribution is 7.13. The first-order chi connectivity index (χ1) is 16.3. The average molecular weight is 472 g/mol. The van der Waals surface area contributed by atoms with Gasteiger partial charge in [0.05, 0.1) is 11.2 Å². The van der Waals surface area contributed by atoms with E-state index in [-0.39, 0.29) is 11.3 Å². The van der Waals surface area contributed by atoms with Crippen molar-refractivity contribution in [2.24, 2.45) is 0 Å². The largest absolute Gasteiger partial charge is 0.438 e. The lowest BCUT2D eigenvalue weighted by Gasteiger charge is -2.22. The predicted octanol–water partition coefficient (Wildman–Crippen LogP) is 6.49. The van der Waals surface area contributed by atoms with Crippen molar-refractivity contribution in [3.8, 4) is 11.6 Å². The number of carbonyl (C=O) groups is 1. The Hall–Kier alpha value is -3.51. The predicted molar refractivity (Wildman–Crippen MR) is 137 cm³/mol. The summed E-state index contributed by atoms with van der Waals surface area (Å²) in [5, 5.41) is 0.846. The van der Waals surface area contributed by atoms with Gasteiger partial charge in [0.25, 0.3) is 5.91 Å². The third kappa shape index (κ3) is 5.69. The average Bonchev–Trinajstić information content (AvgIpc) is 3.28. The maximum absolute atomic E-state index is 12.9. The molecule has 6 heteroatoms. The summed E-state index contributed by atoms with van der Waals surface area (Å²) in [7, 11) is 1.81. The maximum Gasteiger partial charge on any atom is 0.265 e. The lowest BCUT2D eigenvalue weighted by Crippen LogP contribution is -2.25. The van der Waals surface area contributed by atoms with Crippen LogP contribution in [0.4, 0.5) is 0 Å². The highest BCUT2D eigenvalue weighted by Gasteiger charge is 2.21. The molecule has 0 N–H and O–H groups in total. The molecule has 1 amide bonds. The van der Waals surface area contributed by atoms with Crippen LogP contribution in [0.15, 0.2) is 79.1 Å². The number of amides is 1. The SMILES string of the molecule is CN(Cc1ccccc1)C(=O)c1cnc(Cc2cccnc2Oc2ccccc2C(C)(C)C)s1. The molecule has 0 unspecified atom stereocenters. The number of thiazole rings is 1.